The molecule has 5 rings (SSSR count). The van der Waals surface area contributed by atoms with Gasteiger partial charge in [0.2, 0.25) is 0 Å². The molecule has 5 nitrogen and oxygen atoms in total. The summed E-state index contributed by atoms with van der Waals surface area (Å²) < 4.78 is 5.34. The van der Waals surface area contributed by atoms with E-state index in [0.29, 0.717) is 23.0 Å². The Morgan fingerprint density at radius 3 is 2.85 bits per heavy atom. The number of piperidine rings is 3. The van der Waals surface area contributed by atoms with Crippen molar-refractivity contribution in [2.75, 3.05) is 19.6 Å². The fourth-order valence-corrected chi connectivity index (χ4v) is 3.64. The van der Waals surface area contributed by atoms with Crippen LogP contribution in [0.15, 0.2) is 22.9 Å². The number of nitrogens with zero attached hydrogens (tertiary/aromatic N) is 2. The van der Waals surface area contributed by atoms with E-state index in [2.05, 4.69) is 9.88 Å². The van der Waals surface area contributed by atoms with Crippen molar-refractivity contribution in [3.63, 3.8) is 0 Å². The smallest absolute Gasteiger partial charge is 0.252 e. The van der Waals surface area contributed by atoms with E-state index >= 15 is 0 Å². The second-order valence-electron chi connectivity index (χ2n) is 5.86. The van der Waals surface area contributed by atoms with Crippen LogP contribution < -0.4 is 5.73 Å². The summed E-state index contributed by atoms with van der Waals surface area (Å²) in [7, 11) is 0. The van der Waals surface area contributed by atoms with Gasteiger partial charge in [-0.25, -0.2) is 0 Å². The molecule has 1 atom stereocenters. The van der Waals surface area contributed by atoms with E-state index in [1.165, 1.54) is 32.2 Å². The van der Waals surface area contributed by atoms with Crippen molar-refractivity contribution in [2.45, 2.75) is 18.8 Å². The minimum absolute atomic E-state index is 0.449. The normalized spacial score (nSPS) is 28.9. The molecule has 3 aliphatic rings. The van der Waals surface area contributed by atoms with Gasteiger partial charge in [0.25, 0.3) is 5.91 Å². The third-order valence-electron chi connectivity index (χ3n) is 4.78. The van der Waals surface area contributed by atoms with Crippen LogP contribution >= 0.6 is 0 Å². The lowest BCUT2D eigenvalue weighted by Crippen LogP contribution is -2.46. The maximum atomic E-state index is 11.4. The van der Waals surface area contributed by atoms with Crippen LogP contribution in [0.4, 0.5) is 0 Å². The number of aromatic nitrogens is 1. The van der Waals surface area contributed by atoms with Gasteiger partial charge in [0.15, 0.2) is 5.58 Å². The Labute approximate surface area is 116 Å². The molecule has 2 aromatic heterocycles. The van der Waals surface area contributed by atoms with Crippen LogP contribution in [0.3, 0.4) is 0 Å². The van der Waals surface area contributed by atoms with Gasteiger partial charge in [-0.2, -0.15) is 0 Å². The fourth-order valence-electron chi connectivity index (χ4n) is 3.64. The van der Waals surface area contributed by atoms with Gasteiger partial charge in [-0.05, 0) is 37.9 Å². The van der Waals surface area contributed by atoms with Crippen molar-refractivity contribution < 1.29 is 9.21 Å². The molecule has 104 valence electrons. The van der Waals surface area contributed by atoms with E-state index in [-0.39, 0.29) is 0 Å². The maximum Gasteiger partial charge on any atom is 0.252 e. The summed E-state index contributed by atoms with van der Waals surface area (Å²) in [4.78, 5) is 18.5. The quantitative estimate of drug-likeness (QED) is 0.903. The fraction of sp³-hybridized carbons (Fsp3) is 0.467. The van der Waals surface area contributed by atoms with Gasteiger partial charge < -0.3 is 15.1 Å². The minimum atomic E-state index is -0.449. The molecule has 2 aromatic rings. The van der Waals surface area contributed by atoms with Crippen LogP contribution in [-0.2, 0) is 0 Å². The van der Waals surface area contributed by atoms with Gasteiger partial charge in [-0.1, -0.05) is 0 Å². The molecule has 0 aliphatic carbocycles. The van der Waals surface area contributed by atoms with Gasteiger partial charge in [-0.3, -0.25) is 9.78 Å². The molecule has 5 heterocycles. The van der Waals surface area contributed by atoms with Gasteiger partial charge >= 0.3 is 0 Å². The van der Waals surface area contributed by atoms with Crippen LogP contribution in [0.5, 0.6) is 0 Å². The summed E-state index contributed by atoms with van der Waals surface area (Å²) in [5.74, 6) is 0.737. The average molecular weight is 271 g/mol. The first-order chi connectivity index (χ1) is 9.72. The molecule has 2 bridgehead atoms. The Morgan fingerprint density at radius 2 is 2.20 bits per heavy atom. The highest BCUT2D eigenvalue weighted by Crippen LogP contribution is 2.39. The van der Waals surface area contributed by atoms with E-state index in [1.807, 2.05) is 6.07 Å². The monoisotopic (exact) mass is 271 g/mol. The topological polar surface area (TPSA) is 72.4 Å². The molecule has 2 N–H and O–H groups in total. The van der Waals surface area contributed by atoms with Gasteiger partial charge in [-0.15, -0.1) is 0 Å². The van der Waals surface area contributed by atoms with Crippen molar-refractivity contribution in [3.8, 4) is 0 Å². The van der Waals surface area contributed by atoms with Crippen molar-refractivity contribution >= 4 is 16.9 Å². The molecule has 0 aromatic carbocycles. The average Bonchev–Trinajstić information content (AvgIpc) is 2.91. The van der Waals surface area contributed by atoms with E-state index < -0.39 is 5.91 Å². The number of nitrogens with two attached hydrogens (primary N) is 1. The number of furan rings is 1. The Morgan fingerprint density at radius 1 is 1.40 bits per heavy atom. The Bertz CT molecular complexity index is 671. The molecule has 0 saturated carbocycles. The van der Waals surface area contributed by atoms with E-state index in [0.717, 1.165) is 17.6 Å². The molecule has 0 radical (unpaired) electrons. The first-order valence-electron chi connectivity index (χ1n) is 7.11. The highest BCUT2D eigenvalue weighted by atomic mass is 16.3. The Hall–Kier alpha value is -1.88. The van der Waals surface area contributed by atoms with E-state index in [4.69, 9.17) is 10.2 Å². The molecule has 3 saturated heterocycles. The lowest BCUT2D eigenvalue weighted by molar-refractivity contribution is 0.0855. The molecular formula is C15H17N3O2. The van der Waals surface area contributed by atoms with Crippen molar-refractivity contribution in [3.05, 3.63) is 29.8 Å². The number of fused-ring (bicyclic) bond motifs is 4. The molecule has 0 unspecified atom stereocenters. The van der Waals surface area contributed by atoms with Gasteiger partial charge in [0.1, 0.15) is 6.26 Å². The lowest BCUT2D eigenvalue weighted by Gasteiger charge is -2.44. The lowest BCUT2D eigenvalue weighted by atomic mass is 9.77. The molecule has 3 fully saturated rings. The van der Waals surface area contributed by atoms with Crippen LogP contribution in [0.25, 0.3) is 11.0 Å². The molecular weight excluding hydrogens is 254 g/mol. The Balaban J connectivity index is 1.76. The number of hydrogen-bond acceptors (Lipinski definition) is 4. The second-order valence-corrected chi connectivity index (χ2v) is 5.86. The molecule has 3 aliphatic heterocycles. The number of carbonyl (C=O) groups is 1. The predicted molar refractivity (Wildman–Crippen MR) is 74.4 cm³/mol. The second kappa shape index (κ2) is 4.31. The first-order valence-corrected chi connectivity index (χ1v) is 7.11. The highest BCUT2D eigenvalue weighted by molar-refractivity contribution is 6.05. The number of primary amides is 1. The number of amides is 1. The zero-order valence-corrected chi connectivity index (χ0v) is 11.2. The summed E-state index contributed by atoms with van der Waals surface area (Å²) in [5.41, 5.74) is 7.53. The summed E-state index contributed by atoms with van der Waals surface area (Å²) in [5, 5.41) is 0.791. The van der Waals surface area contributed by atoms with E-state index in [1.54, 1.807) is 6.20 Å². The third-order valence-corrected chi connectivity index (χ3v) is 4.78. The Kier molecular flexibility index (Phi) is 2.57. The maximum absolute atomic E-state index is 11.4. The zero-order chi connectivity index (χ0) is 13.7. The van der Waals surface area contributed by atoms with E-state index in [9.17, 15) is 4.79 Å². The van der Waals surface area contributed by atoms with Gasteiger partial charge in [0, 0.05) is 23.5 Å². The zero-order valence-electron chi connectivity index (χ0n) is 11.2. The van der Waals surface area contributed by atoms with Crippen LogP contribution in [0.2, 0.25) is 0 Å². The van der Waals surface area contributed by atoms with Crippen molar-refractivity contribution in [1.29, 1.82) is 0 Å². The number of carbonyl (C=O) groups excluding carboxylic acids is 1. The number of pyridine rings is 1. The molecule has 1 amide bonds. The predicted octanol–water partition coefficient (Wildman–Crippen LogP) is 1.74. The van der Waals surface area contributed by atoms with Crippen LogP contribution in [0, 0.1) is 5.92 Å². The van der Waals surface area contributed by atoms with Crippen LogP contribution in [-0.4, -0.2) is 35.4 Å². The van der Waals surface area contributed by atoms with Crippen molar-refractivity contribution in [1.82, 2.24) is 9.88 Å². The standard InChI is InChI=1S/C15H17N3O2/c16-15(19)12-8-20-14-6-17-13(5-10(12)14)11-7-18-3-1-9(11)2-4-18/h5-6,8-9,11H,1-4,7H2,(H2,16,19)/t11-/m0/s1. The number of hydrogen-bond donors (Lipinski definition) is 1. The first kappa shape index (κ1) is 11.9. The summed E-state index contributed by atoms with van der Waals surface area (Å²) in [6.45, 7) is 3.50. The van der Waals surface area contributed by atoms with Gasteiger partial charge in [0.05, 0.1) is 11.8 Å². The van der Waals surface area contributed by atoms with Crippen molar-refractivity contribution in [2.24, 2.45) is 11.7 Å². The largest absolute Gasteiger partial charge is 0.462 e. The highest BCUT2D eigenvalue weighted by Gasteiger charge is 2.35. The minimum Gasteiger partial charge on any atom is -0.462 e. The molecule has 5 heteroatoms. The number of rotatable bonds is 2. The SMILES string of the molecule is NC(=O)c1coc2cnc([C@H]3CN4CCC3CC4)cc12. The molecule has 20 heavy (non-hydrogen) atoms. The summed E-state index contributed by atoms with van der Waals surface area (Å²) >= 11 is 0. The molecule has 0 spiro atoms. The van der Waals surface area contributed by atoms with Crippen LogP contribution in [0.1, 0.15) is 34.8 Å². The summed E-state index contributed by atoms with van der Waals surface area (Å²) in [6, 6.07) is 1.99. The summed E-state index contributed by atoms with van der Waals surface area (Å²) in [6.07, 6.45) is 5.64. The third kappa shape index (κ3) is 1.73.